The lowest BCUT2D eigenvalue weighted by Gasteiger charge is -2.08. The minimum atomic E-state index is -0.00237. The Labute approximate surface area is 106 Å². The van der Waals surface area contributed by atoms with Crippen molar-refractivity contribution >= 4 is 17.7 Å². The third-order valence-corrected chi connectivity index (χ3v) is 3.30. The van der Waals surface area contributed by atoms with Crippen LogP contribution < -0.4 is 11.1 Å². The van der Waals surface area contributed by atoms with E-state index in [4.69, 9.17) is 5.73 Å². The van der Waals surface area contributed by atoms with Gasteiger partial charge in [-0.3, -0.25) is 9.78 Å². The first-order valence-electron chi connectivity index (χ1n) is 5.78. The number of carbonyl (C=O) groups is 1. The van der Waals surface area contributed by atoms with Crippen molar-refractivity contribution in [3.8, 4) is 0 Å². The highest BCUT2D eigenvalue weighted by molar-refractivity contribution is 8.00. The zero-order chi connectivity index (χ0) is 12.7. The van der Waals surface area contributed by atoms with Gasteiger partial charge in [-0.1, -0.05) is 6.92 Å². The summed E-state index contributed by atoms with van der Waals surface area (Å²) in [5.41, 5.74) is 6.77. The van der Waals surface area contributed by atoms with Crippen molar-refractivity contribution in [2.75, 3.05) is 12.3 Å². The third kappa shape index (κ3) is 4.75. The minimum Gasteiger partial charge on any atom is -0.356 e. The van der Waals surface area contributed by atoms with Crippen LogP contribution in [0.15, 0.2) is 23.2 Å². The van der Waals surface area contributed by atoms with Gasteiger partial charge in [0.05, 0.1) is 11.4 Å². The van der Waals surface area contributed by atoms with Crippen molar-refractivity contribution in [2.24, 2.45) is 5.73 Å². The average molecular weight is 253 g/mol. The first-order valence-corrected chi connectivity index (χ1v) is 6.77. The smallest absolute Gasteiger partial charge is 0.230 e. The summed E-state index contributed by atoms with van der Waals surface area (Å²) in [5.74, 6) is 0.473. The molecule has 94 valence electrons. The number of rotatable bonds is 6. The molecule has 0 fully saturated rings. The molecule has 0 unspecified atom stereocenters. The van der Waals surface area contributed by atoms with Gasteiger partial charge in [-0.15, -0.1) is 11.8 Å². The summed E-state index contributed by atoms with van der Waals surface area (Å²) in [7, 11) is 0. The molecule has 4 nitrogen and oxygen atoms in total. The molecule has 0 bridgehead atoms. The van der Waals surface area contributed by atoms with Crippen LogP contribution in [-0.4, -0.2) is 23.2 Å². The predicted molar refractivity (Wildman–Crippen MR) is 70.9 cm³/mol. The number of hydrogen-bond acceptors (Lipinski definition) is 4. The fourth-order valence-corrected chi connectivity index (χ4v) is 1.99. The molecule has 1 heterocycles. The molecule has 1 atom stereocenters. The van der Waals surface area contributed by atoms with Crippen molar-refractivity contribution in [3.05, 3.63) is 24.0 Å². The van der Waals surface area contributed by atoms with Crippen molar-refractivity contribution in [2.45, 2.75) is 31.2 Å². The van der Waals surface area contributed by atoms with Crippen LogP contribution in [0.5, 0.6) is 0 Å². The molecule has 5 heteroatoms. The van der Waals surface area contributed by atoms with Gasteiger partial charge in [0.15, 0.2) is 0 Å². The Morgan fingerprint density at radius 2 is 2.29 bits per heavy atom. The molecule has 0 saturated heterocycles. The number of pyridine rings is 1. The molecule has 0 aliphatic carbocycles. The largest absolute Gasteiger partial charge is 0.356 e. The van der Waals surface area contributed by atoms with Crippen LogP contribution in [0.1, 0.15) is 32.0 Å². The predicted octanol–water partition coefficient (Wildman–Crippen LogP) is 1.72. The molecule has 0 saturated carbocycles. The van der Waals surface area contributed by atoms with Gasteiger partial charge in [-0.2, -0.15) is 0 Å². The van der Waals surface area contributed by atoms with E-state index in [1.807, 2.05) is 26.0 Å². The number of hydrogen-bond donors (Lipinski definition) is 2. The first kappa shape index (κ1) is 14.0. The normalized spacial score (nSPS) is 12.2. The summed E-state index contributed by atoms with van der Waals surface area (Å²) < 4.78 is 0. The molecule has 1 aromatic heterocycles. The Kier molecular flexibility index (Phi) is 6.00. The highest BCUT2D eigenvalue weighted by Crippen LogP contribution is 2.18. The van der Waals surface area contributed by atoms with Crippen LogP contribution in [-0.2, 0) is 4.79 Å². The summed E-state index contributed by atoms with van der Waals surface area (Å²) in [5, 5.41) is 2.75. The molecule has 0 spiro atoms. The Morgan fingerprint density at radius 3 is 2.82 bits per heavy atom. The number of thioether (sulfide) groups is 1. The molecule has 0 aliphatic heterocycles. The minimum absolute atomic E-state index is 0.00237. The zero-order valence-electron chi connectivity index (χ0n) is 10.3. The van der Waals surface area contributed by atoms with E-state index in [1.165, 1.54) is 11.8 Å². The van der Waals surface area contributed by atoms with Gasteiger partial charge in [-0.05, 0) is 25.5 Å². The summed E-state index contributed by atoms with van der Waals surface area (Å²) in [6.07, 6.45) is 2.65. The van der Waals surface area contributed by atoms with Gasteiger partial charge >= 0.3 is 0 Å². The summed E-state index contributed by atoms with van der Waals surface area (Å²) in [6, 6.07) is 3.88. The topological polar surface area (TPSA) is 68.0 Å². The van der Waals surface area contributed by atoms with Crippen molar-refractivity contribution in [3.63, 3.8) is 0 Å². The lowest BCUT2D eigenvalue weighted by molar-refractivity contribution is -0.118. The number of nitrogens with two attached hydrogens (primary N) is 1. The van der Waals surface area contributed by atoms with E-state index in [2.05, 4.69) is 10.3 Å². The lowest BCUT2D eigenvalue weighted by Crippen LogP contribution is -2.24. The van der Waals surface area contributed by atoms with E-state index >= 15 is 0 Å². The molecule has 1 amide bonds. The van der Waals surface area contributed by atoms with Gasteiger partial charge in [-0.25, -0.2) is 0 Å². The highest BCUT2D eigenvalue weighted by atomic mass is 32.2. The first-order chi connectivity index (χ1) is 8.17. The fourth-order valence-electron chi connectivity index (χ4n) is 1.30. The number of aromatic nitrogens is 1. The molecule has 1 rings (SSSR count). The quantitative estimate of drug-likeness (QED) is 0.757. The van der Waals surface area contributed by atoms with E-state index in [9.17, 15) is 4.79 Å². The van der Waals surface area contributed by atoms with E-state index in [0.29, 0.717) is 12.3 Å². The SMILES string of the molecule is CCNC(=O)CSc1ccc([C@@H](N)CC)nc1. The van der Waals surface area contributed by atoms with Gasteiger partial charge in [0, 0.05) is 23.7 Å². The standard InChI is InChI=1S/C12H19N3OS/c1-3-10(13)11-6-5-9(7-15-11)17-8-12(16)14-4-2/h5-7,10H,3-4,8,13H2,1-2H3,(H,14,16)/t10-/m0/s1. The maximum absolute atomic E-state index is 11.3. The highest BCUT2D eigenvalue weighted by Gasteiger charge is 2.05. The molecular weight excluding hydrogens is 234 g/mol. The number of nitrogens with zero attached hydrogens (tertiary/aromatic N) is 1. The van der Waals surface area contributed by atoms with Crippen LogP contribution in [0, 0.1) is 0 Å². The Hall–Kier alpha value is -1.07. The van der Waals surface area contributed by atoms with Gasteiger partial charge < -0.3 is 11.1 Å². The third-order valence-electron chi connectivity index (χ3n) is 2.32. The van der Waals surface area contributed by atoms with Crippen LogP contribution in [0.25, 0.3) is 0 Å². The van der Waals surface area contributed by atoms with Crippen LogP contribution in [0.4, 0.5) is 0 Å². The molecular formula is C12H19N3OS. The fraction of sp³-hybridized carbons (Fsp3) is 0.500. The van der Waals surface area contributed by atoms with Gasteiger partial charge in [0.1, 0.15) is 0 Å². The summed E-state index contributed by atoms with van der Waals surface area (Å²) in [4.78, 5) is 16.6. The maximum Gasteiger partial charge on any atom is 0.230 e. The van der Waals surface area contributed by atoms with Crippen LogP contribution >= 0.6 is 11.8 Å². The number of nitrogens with one attached hydrogen (secondary N) is 1. The maximum atomic E-state index is 11.3. The van der Waals surface area contributed by atoms with E-state index in [1.54, 1.807) is 6.20 Å². The summed E-state index contributed by atoms with van der Waals surface area (Å²) in [6.45, 7) is 4.61. The summed E-state index contributed by atoms with van der Waals surface area (Å²) >= 11 is 1.48. The zero-order valence-corrected chi connectivity index (χ0v) is 11.1. The van der Waals surface area contributed by atoms with E-state index in [-0.39, 0.29) is 11.9 Å². The monoisotopic (exact) mass is 253 g/mol. The average Bonchev–Trinajstić information content (AvgIpc) is 2.36. The number of amides is 1. The number of carbonyl (C=O) groups excluding carboxylic acids is 1. The second kappa shape index (κ2) is 7.29. The van der Waals surface area contributed by atoms with Gasteiger partial charge in [0.2, 0.25) is 5.91 Å². The molecule has 0 aromatic carbocycles. The lowest BCUT2D eigenvalue weighted by atomic mass is 10.1. The second-order valence-corrected chi connectivity index (χ2v) is 4.72. The van der Waals surface area contributed by atoms with Crippen molar-refractivity contribution in [1.82, 2.24) is 10.3 Å². The van der Waals surface area contributed by atoms with Crippen LogP contribution in [0.3, 0.4) is 0 Å². The molecule has 3 N–H and O–H groups in total. The van der Waals surface area contributed by atoms with Crippen LogP contribution in [0.2, 0.25) is 0 Å². The van der Waals surface area contributed by atoms with Crippen molar-refractivity contribution < 1.29 is 4.79 Å². The van der Waals surface area contributed by atoms with E-state index in [0.717, 1.165) is 17.0 Å². The van der Waals surface area contributed by atoms with Gasteiger partial charge in [0.25, 0.3) is 0 Å². The second-order valence-electron chi connectivity index (χ2n) is 3.68. The molecule has 0 radical (unpaired) electrons. The van der Waals surface area contributed by atoms with Crippen molar-refractivity contribution in [1.29, 1.82) is 0 Å². The molecule has 17 heavy (non-hydrogen) atoms. The molecule has 1 aromatic rings. The Balaban J connectivity index is 2.48. The van der Waals surface area contributed by atoms with E-state index < -0.39 is 0 Å². The Bertz CT molecular complexity index is 353. The molecule has 0 aliphatic rings. The Morgan fingerprint density at radius 1 is 1.53 bits per heavy atom.